The highest BCUT2D eigenvalue weighted by Gasteiger charge is 2.30. The smallest absolute Gasteiger partial charge is 0.258 e. The maximum absolute atomic E-state index is 15.0. The van der Waals surface area contributed by atoms with Crippen molar-refractivity contribution in [1.29, 1.82) is 5.26 Å². The van der Waals surface area contributed by atoms with Crippen LogP contribution >= 0.6 is 23.8 Å². The largest absolute Gasteiger partial charge is 0.322 e. The summed E-state index contributed by atoms with van der Waals surface area (Å²) in [5.74, 6) is -1.57. The van der Waals surface area contributed by atoms with Crippen LogP contribution in [0.1, 0.15) is 34.5 Å². The molecule has 0 aliphatic carbocycles. The zero-order valence-electron chi connectivity index (χ0n) is 18.6. The zero-order chi connectivity index (χ0) is 25.1. The lowest BCUT2D eigenvalue weighted by Gasteiger charge is -2.29. The normalized spacial score (nSPS) is 13.9. The van der Waals surface area contributed by atoms with E-state index in [1.807, 2.05) is 6.07 Å². The quantitative estimate of drug-likeness (QED) is 0.487. The third-order valence-electron chi connectivity index (χ3n) is 5.46. The van der Waals surface area contributed by atoms with Gasteiger partial charge >= 0.3 is 0 Å². The molecule has 1 aliphatic heterocycles. The van der Waals surface area contributed by atoms with Gasteiger partial charge in [0.25, 0.3) is 5.91 Å². The van der Waals surface area contributed by atoms with Gasteiger partial charge in [-0.1, -0.05) is 17.7 Å². The number of nitrogens with zero attached hydrogens (tertiary/aromatic N) is 4. The summed E-state index contributed by atoms with van der Waals surface area (Å²) >= 11 is 11.6. The van der Waals surface area contributed by atoms with Gasteiger partial charge in [0.05, 0.1) is 17.4 Å². The second-order valence-corrected chi connectivity index (χ2v) is 8.67. The number of anilines is 3. The fourth-order valence-corrected chi connectivity index (χ4v) is 4.33. The van der Waals surface area contributed by atoms with E-state index in [4.69, 9.17) is 29.1 Å². The summed E-state index contributed by atoms with van der Waals surface area (Å²) in [7, 11) is 0. The molecule has 4 rings (SSSR count). The van der Waals surface area contributed by atoms with Crippen molar-refractivity contribution in [3.05, 3.63) is 82.4 Å². The van der Waals surface area contributed by atoms with Crippen LogP contribution in [0.5, 0.6) is 0 Å². The summed E-state index contributed by atoms with van der Waals surface area (Å²) in [6.45, 7) is 2.11. The molecule has 1 saturated heterocycles. The van der Waals surface area contributed by atoms with E-state index in [0.29, 0.717) is 40.6 Å². The average molecular weight is 508 g/mol. The summed E-state index contributed by atoms with van der Waals surface area (Å²) < 4.78 is 15.0. The highest BCUT2D eigenvalue weighted by molar-refractivity contribution is 7.81. The number of pyridine rings is 1. The topological polar surface area (TPSA) is 89.3 Å². The summed E-state index contributed by atoms with van der Waals surface area (Å²) in [6.07, 6.45) is 2.15. The molecule has 1 aromatic heterocycles. The number of nitriles is 1. The molecular formula is C25H19ClFN5O2S. The first-order chi connectivity index (χ1) is 16.8. The molecule has 1 N–H and O–H groups in total. The van der Waals surface area contributed by atoms with Crippen molar-refractivity contribution < 1.29 is 14.0 Å². The molecule has 10 heteroatoms. The molecule has 1 aliphatic rings. The van der Waals surface area contributed by atoms with Gasteiger partial charge < -0.3 is 10.2 Å². The molecule has 3 aromatic rings. The maximum Gasteiger partial charge on any atom is 0.258 e. The fourth-order valence-electron chi connectivity index (χ4n) is 3.74. The lowest BCUT2D eigenvalue weighted by molar-refractivity contribution is -0.117. The Morgan fingerprint density at radius 1 is 1.23 bits per heavy atom. The van der Waals surface area contributed by atoms with Crippen LogP contribution in [-0.4, -0.2) is 28.5 Å². The number of carbonyl (C=O) groups is 2. The Hall–Kier alpha value is -3.87. The van der Waals surface area contributed by atoms with E-state index in [1.165, 1.54) is 23.2 Å². The molecule has 2 heterocycles. The summed E-state index contributed by atoms with van der Waals surface area (Å²) in [6, 6.07) is 14.4. The van der Waals surface area contributed by atoms with Crippen LogP contribution in [0.4, 0.5) is 21.5 Å². The zero-order valence-corrected chi connectivity index (χ0v) is 20.2. The summed E-state index contributed by atoms with van der Waals surface area (Å²) in [4.78, 5) is 32.6. The van der Waals surface area contributed by atoms with E-state index in [9.17, 15) is 9.59 Å². The number of benzene rings is 2. The number of halogens is 2. The molecule has 0 saturated carbocycles. The van der Waals surface area contributed by atoms with E-state index in [2.05, 4.69) is 10.3 Å². The molecule has 2 aromatic carbocycles. The standard InChI is InChI=1S/C25H19ClFN5O2S/c1-15-10-19(14-29-22(15)13-28)32-23(33)6-3-9-31(25(32)35)18-7-8-20(21(27)12-18)24(34)30-17-5-2-4-16(26)11-17/h2,4-5,7-8,10-12,14H,3,6,9H2,1H3,(H,30,34). The Morgan fingerprint density at radius 2 is 2.03 bits per heavy atom. The van der Waals surface area contributed by atoms with Crippen LogP contribution in [0.25, 0.3) is 0 Å². The summed E-state index contributed by atoms with van der Waals surface area (Å²) in [5.41, 5.74) is 2.01. The number of nitrogens with one attached hydrogen (secondary N) is 1. The van der Waals surface area contributed by atoms with Crippen LogP contribution in [0, 0.1) is 24.1 Å². The summed E-state index contributed by atoms with van der Waals surface area (Å²) in [5, 5.41) is 12.4. The van der Waals surface area contributed by atoms with Crippen molar-refractivity contribution in [2.24, 2.45) is 0 Å². The van der Waals surface area contributed by atoms with Gasteiger partial charge in [0.1, 0.15) is 17.6 Å². The van der Waals surface area contributed by atoms with Crippen molar-refractivity contribution in [3.8, 4) is 6.07 Å². The highest BCUT2D eigenvalue weighted by atomic mass is 35.5. The third-order valence-corrected chi connectivity index (χ3v) is 6.10. The molecule has 0 unspecified atom stereocenters. The predicted octanol–water partition coefficient (Wildman–Crippen LogP) is 5.22. The third kappa shape index (κ3) is 5.14. The monoisotopic (exact) mass is 507 g/mol. The van der Waals surface area contributed by atoms with Crippen molar-refractivity contribution in [2.45, 2.75) is 19.8 Å². The molecule has 0 atom stereocenters. The van der Waals surface area contributed by atoms with E-state index in [0.717, 1.165) is 0 Å². The Morgan fingerprint density at radius 3 is 2.71 bits per heavy atom. The molecule has 1 fully saturated rings. The van der Waals surface area contributed by atoms with Gasteiger partial charge in [-0.25, -0.2) is 9.37 Å². The minimum Gasteiger partial charge on any atom is -0.322 e. The molecule has 176 valence electrons. The fraction of sp³-hybridized carbons (Fsp3) is 0.160. The van der Waals surface area contributed by atoms with Gasteiger partial charge in [-0.15, -0.1) is 0 Å². The lowest BCUT2D eigenvalue weighted by atomic mass is 10.1. The van der Waals surface area contributed by atoms with Crippen LogP contribution < -0.4 is 15.1 Å². The van der Waals surface area contributed by atoms with Gasteiger partial charge in [-0.3, -0.25) is 14.5 Å². The van der Waals surface area contributed by atoms with Crippen molar-refractivity contribution >= 4 is 57.8 Å². The number of hydrogen-bond donors (Lipinski definition) is 1. The van der Waals surface area contributed by atoms with E-state index in [1.54, 1.807) is 48.2 Å². The number of rotatable bonds is 4. The molecule has 35 heavy (non-hydrogen) atoms. The Balaban J connectivity index is 1.61. The van der Waals surface area contributed by atoms with E-state index >= 15 is 4.39 Å². The number of thiocarbonyl (C=S) groups is 1. The molecule has 0 radical (unpaired) electrons. The second kappa shape index (κ2) is 10.2. The molecular weight excluding hydrogens is 489 g/mol. The second-order valence-electron chi connectivity index (χ2n) is 7.87. The minimum atomic E-state index is -0.733. The van der Waals surface area contributed by atoms with Crippen LogP contribution in [0.15, 0.2) is 54.7 Å². The number of hydrogen-bond acceptors (Lipinski definition) is 5. The van der Waals surface area contributed by atoms with Gasteiger partial charge in [0.2, 0.25) is 5.91 Å². The van der Waals surface area contributed by atoms with Gasteiger partial charge in [0, 0.05) is 29.4 Å². The number of aryl methyl sites for hydroxylation is 1. The number of carbonyl (C=O) groups excluding carboxylic acids is 2. The van der Waals surface area contributed by atoms with Crippen molar-refractivity contribution in [2.75, 3.05) is 21.7 Å². The molecule has 7 nitrogen and oxygen atoms in total. The molecule has 0 spiro atoms. The molecule has 2 amide bonds. The first-order valence-electron chi connectivity index (χ1n) is 10.7. The van der Waals surface area contributed by atoms with Crippen LogP contribution in [0.3, 0.4) is 0 Å². The lowest BCUT2D eigenvalue weighted by Crippen LogP contribution is -2.44. The molecule has 0 bridgehead atoms. The Kier molecular flexibility index (Phi) is 7.05. The van der Waals surface area contributed by atoms with Gasteiger partial charge in [-0.05, 0) is 73.6 Å². The first-order valence-corrected chi connectivity index (χ1v) is 11.4. The average Bonchev–Trinajstić information content (AvgIpc) is 2.96. The van der Waals surface area contributed by atoms with E-state index < -0.39 is 11.7 Å². The van der Waals surface area contributed by atoms with Gasteiger partial charge in [0.15, 0.2) is 5.11 Å². The van der Waals surface area contributed by atoms with Crippen molar-refractivity contribution in [1.82, 2.24) is 4.98 Å². The maximum atomic E-state index is 15.0. The minimum absolute atomic E-state index is 0.144. The Bertz CT molecular complexity index is 1390. The van der Waals surface area contributed by atoms with Crippen LogP contribution in [-0.2, 0) is 4.79 Å². The first kappa shape index (κ1) is 24.3. The predicted molar refractivity (Wildman–Crippen MR) is 136 cm³/mol. The number of amides is 2. The Labute approximate surface area is 211 Å². The van der Waals surface area contributed by atoms with E-state index in [-0.39, 0.29) is 28.7 Å². The number of aromatic nitrogens is 1. The van der Waals surface area contributed by atoms with Crippen molar-refractivity contribution in [3.63, 3.8) is 0 Å². The van der Waals surface area contributed by atoms with Crippen LogP contribution in [0.2, 0.25) is 5.02 Å². The van der Waals surface area contributed by atoms with Gasteiger partial charge in [-0.2, -0.15) is 5.26 Å². The SMILES string of the molecule is Cc1cc(N2C(=O)CCCN(c3ccc(C(=O)Nc4cccc(Cl)c4)c(F)c3)C2=S)cnc1C#N. The highest BCUT2D eigenvalue weighted by Crippen LogP contribution is 2.28.